The average molecular weight is 387 g/mol. The van der Waals surface area contributed by atoms with E-state index in [0.717, 1.165) is 5.56 Å². The Balaban J connectivity index is 1.75. The quantitative estimate of drug-likeness (QED) is 0.837. The summed E-state index contributed by atoms with van der Waals surface area (Å²) in [5, 5.41) is 10.8. The molecule has 136 valence electrons. The van der Waals surface area contributed by atoms with Crippen molar-refractivity contribution in [2.75, 3.05) is 39.9 Å². The van der Waals surface area contributed by atoms with Gasteiger partial charge in [-0.15, -0.1) is 0 Å². The van der Waals surface area contributed by atoms with E-state index in [2.05, 4.69) is 4.90 Å². The van der Waals surface area contributed by atoms with E-state index in [1.807, 2.05) is 12.1 Å². The molecule has 2 fully saturated rings. The van der Waals surface area contributed by atoms with Gasteiger partial charge in [0.2, 0.25) is 5.91 Å². The lowest BCUT2D eigenvalue weighted by Gasteiger charge is -2.25. The van der Waals surface area contributed by atoms with Crippen molar-refractivity contribution in [2.45, 2.75) is 6.54 Å². The van der Waals surface area contributed by atoms with E-state index in [9.17, 15) is 14.7 Å². The third-order valence-corrected chi connectivity index (χ3v) is 6.01. The zero-order chi connectivity index (χ0) is 18.2. The zero-order valence-corrected chi connectivity index (χ0v) is 15.4. The van der Waals surface area contributed by atoms with Crippen molar-refractivity contribution in [1.29, 1.82) is 0 Å². The van der Waals surface area contributed by atoms with Gasteiger partial charge in [-0.2, -0.15) is 0 Å². The van der Waals surface area contributed by atoms with Crippen molar-refractivity contribution in [3.8, 4) is 0 Å². The highest BCUT2D eigenvalue weighted by molar-refractivity contribution is 6.42. The van der Waals surface area contributed by atoms with Gasteiger partial charge in [0.05, 0.1) is 10.0 Å². The number of ether oxygens (including phenoxy) is 1. The number of likely N-dealkylation sites (tertiary alicyclic amines) is 2. The summed E-state index contributed by atoms with van der Waals surface area (Å²) in [7, 11) is 1.46. The number of fused-ring (bicyclic) bond motifs is 1. The second-order valence-corrected chi connectivity index (χ2v) is 7.53. The predicted octanol–water partition coefficient (Wildman–Crippen LogP) is 1.98. The van der Waals surface area contributed by atoms with Gasteiger partial charge in [0, 0.05) is 45.8 Å². The van der Waals surface area contributed by atoms with Crippen LogP contribution < -0.4 is 0 Å². The number of nitrogens with zero attached hydrogens (tertiary/aromatic N) is 2. The number of carbonyl (C=O) groups is 2. The third-order valence-electron chi connectivity index (χ3n) is 5.15. The highest BCUT2D eigenvalue weighted by atomic mass is 35.5. The maximum absolute atomic E-state index is 12.1. The van der Waals surface area contributed by atoms with Gasteiger partial charge in [0.1, 0.15) is 12.0 Å². The SMILES string of the molecule is COCC(=O)N1C[C@@H]2CN(Cc3cccc(Cl)c3Cl)C[C@]2(C(=O)O)C1. The minimum Gasteiger partial charge on any atom is -0.481 e. The van der Waals surface area contributed by atoms with Crippen molar-refractivity contribution in [2.24, 2.45) is 11.3 Å². The topological polar surface area (TPSA) is 70.1 Å². The van der Waals surface area contributed by atoms with Crippen LogP contribution in [0.25, 0.3) is 0 Å². The molecule has 2 atom stereocenters. The number of benzene rings is 1. The molecule has 2 aliphatic rings. The Kier molecular flexibility index (Phi) is 5.25. The summed E-state index contributed by atoms with van der Waals surface area (Å²) in [6.07, 6.45) is 0. The molecule has 3 rings (SSSR count). The Morgan fingerprint density at radius 1 is 1.32 bits per heavy atom. The first-order chi connectivity index (χ1) is 11.9. The van der Waals surface area contributed by atoms with Crippen molar-refractivity contribution >= 4 is 35.1 Å². The summed E-state index contributed by atoms with van der Waals surface area (Å²) >= 11 is 12.3. The molecule has 0 aliphatic carbocycles. The molecule has 2 heterocycles. The van der Waals surface area contributed by atoms with Crippen molar-refractivity contribution in [3.63, 3.8) is 0 Å². The molecular formula is C17H20Cl2N2O4. The molecule has 0 radical (unpaired) electrons. The normalized spacial score (nSPS) is 26.0. The van der Waals surface area contributed by atoms with Crippen LogP contribution in [0.4, 0.5) is 0 Å². The summed E-state index contributed by atoms with van der Waals surface area (Å²) in [6, 6.07) is 5.45. The lowest BCUT2D eigenvalue weighted by atomic mass is 9.81. The molecule has 0 spiro atoms. The smallest absolute Gasteiger partial charge is 0.313 e. The molecule has 2 aliphatic heterocycles. The zero-order valence-electron chi connectivity index (χ0n) is 13.9. The van der Waals surface area contributed by atoms with Gasteiger partial charge in [-0.1, -0.05) is 35.3 Å². The molecule has 0 saturated carbocycles. The van der Waals surface area contributed by atoms with E-state index in [1.54, 1.807) is 11.0 Å². The van der Waals surface area contributed by atoms with Crippen LogP contribution in [0.2, 0.25) is 10.0 Å². The average Bonchev–Trinajstić information content (AvgIpc) is 3.07. The van der Waals surface area contributed by atoms with Crippen LogP contribution in [0.1, 0.15) is 5.56 Å². The molecule has 1 N–H and O–H groups in total. The number of amides is 1. The largest absolute Gasteiger partial charge is 0.481 e. The van der Waals surface area contributed by atoms with Gasteiger partial charge in [0.25, 0.3) is 0 Å². The van der Waals surface area contributed by atoms with Gasteiger partial charge >= 0.3 is 5.97 Å². The number of rotatable bonds is 5. The number of carboxylic acids is 1. The first kappa shape index (κ1) is 18.5. The fourth-order valence-electron chi connectivity index (χ4n) is 3.91. The Hall–Kier alpha value is -1.34. The molecule has 1 aromatic rings. The molecule has 2 saturated heterocycles. The number of carbonyl (C=O) groups excluding carboxylic acids is 1. The van der Waals surface area contributed by atoms with E-state index in [0.29, 0.717) is 36.2 Å². The molecule has 6 nitrogen and oxygen atoms in total. The Bertz CT molecular complexity index is 699. The minimum atomic E-state index is -0.936. The highest BCUT2D eigenvalue weighted by Gasteiger charge is 2.58. The minimum absolute atomic E-state index is 0.0236. The number of halogens is 2. The fraction of sp³-hybridized carbons (Fsp3) is 0.529. The molecule has 1 aromatic carbocycles. The molecule has 0 bridgehead atoms. The van der Waals surface area contributed by atoms with E-state index >= 15 is 0 Å². The fourth-order valence-corrected chi connectivity index (χ4v) is 4.29. The number of hydrogen-bond acceptors (Lipinski definition) is 4. The second-order valence-electron chi connectivity index (χ2n) is 6.75. The molecule has 25 heavy (non-hydrogen) atoms. The maximum Gasteiger partial charge on any atom is 0.313 e. The molecular weight excluding hydrogens is 367 g/mol. The predicted molar refractivity (Wildman–Crippen MR) is 93.8 cm³/mol. The van der Waals surface area contributed by atoms with Crippen molar-refractivity contribution in [3.05, 3.63) is 33.8 Å². The monoisotopic (exact) mass is 386 g/mol. The van der Waals surface area contributed by atoms with Gasteiger partial charge in [-0.05, 0) is 11.6 Å². The number of methoxy groups -OCH3 is 1. The Morgan fingerprint density at radius 2 is 2.08 bits per heavy atom. The van der Waals surface area contributed by atoms with Crippen LogP contribution >= 0.6 is 23.2 Å². The molecule has 0 aromatic heterocycles. The number of aliphatic carboxylic acids is 1. The lowest BCUT2D eigenvalue weighted by molar-refractivity contribution is -0.149. The maximum atomic E-state index is 12.1. The van der Waals surface area contributed by atoms with Crippen LogP contribution in [0.15, 0.2) is 18.2 Å². The van der Waals surface area contributed by atoms with Crippen LogP contribution in [-0.4, -0.2) is 66.7 Å². The second kappa shape index (κ2) is 7.11. The van der Waals surface area contributed by atoms with Gasteiger partial charge in [-0.25, -0.2) is 0 Å². The first-order valence-electron chi connectivity index (χ1n) is 8.02. The van der Waals surface area contributed by atoms with Crippen LogP contribution in [0.5, 0.6) is 0 Å². The Labute approximate surface area is 156 Å². The standard InChI is InChI=1S/C17H20Cl2N2O4/c1-25-8-14(22)21-7-12-6-20(9-17(12,10-21)16(23)24)5-11-3-2-4-13(18)15(11)19/h2-4,12H,5-10H2,1H3,(H,23,24)/t12-,17-/m0/s1. The summed E-state index contributed by atoms with van der Waals surface area (Å²) in [6.45, 7) is 2.16. The molecule has 0 unspecified atom stereocenters. The first-order valence-corrected chi connectivity index (χ1v) is 8.78. The van der Waals surface area contributed by atoms with Crippen LogP contribution in [0, 0.1) is 11.3 Å². The van der Waals surface area contributed by atoms with Gasteiger partial charge in [0.15, 0.2) is 0 Å². The van der Waals surface area contributed by atoms with Gasteiger partial charge < -0.3 is 14.7 Å². The van der Waals surface area contributed by atoms with Gasteiger partial charge in [-0.3, -0.25) is 14.5 Å². The molecule has 8 heteroatoms. The summed E-state index contributed by atoms with van der Waals surface area (Å²) in [4.78, 5) is 27.7. The number of carboxylic acid groups (broad SMARTS) is 1. The summed E-state index contributed by atoms with van der Waals surface area (Å²) in [5.74, 6) is -1.13. The lowest BCUT2D eigenvalue weighted by Crippen LogP contribution is -2.42. The summed E-state index contributed by atoms with van der Waals surface area (Å²) < 4.78 is 4.88. The third kappa shape index (κ3) is 3.36. The summed E-state index contributed by atoms with van der Waals surface area (Å²) in [5.41, 5.74) is -0.0592. The van der Waals surface area contributed by atoms with E-state index in [-0.39, 0.29) is 25.0 Å². The Morgan fingerprint density at radius 3 is 2.72 bits per heavy atom. The van der Waals surface area contributed by atoms with Crippen LogP contribution in [0.3, 0.4) is 0 Å². The number of hydrogen-bond donors (Lipinski definition) is 1. The van der Waals surface area contributed by atoms with E-state index in [1.165, 1.54) is 7.11 Å². The van der Waals surface area contributed by atoms with Crippen molar-refractivity contribution < 1.29 is 19.4 Å². The van der Waals surface area contributed by atoms with Crippen molar-refractivity contribution in [1.82, 2.24) is 9.80 Å². The highest BCUT2D eigenvalue weighted by Crippen LogP contribution is 2.43. The van der Waals surface area contributed by atoms with Crippen LogP contribution in [-0.2, 0) is 20.9 Å². The van der Waals surface area contributed by atoms with E-state index < -0.39 is 11.4 Å². The molecule has 1 amide bonds. The van der Waals surface area contributed by atoms with E-state index in [4.69, 9.17) is 27.9 Å².